The Morgan fingerprint density at radius 2 is 2.00 bits per heavy atom. The van der Waals surface area contributed by atoms with Gasteiger partial charge in [0.2, 0.25) is 0 Å². The Kier molecular flexibility index (Phi) is 2.99. The first-order valence-electron chi connectivity index (χ1n) is 4.21. The maximum atomic E-state index is 5.98. The molecule has 0 saturated carbocycles. The fourth-order valence-electron chi connectivity index (χ4n) is 1.16. The molecule has 0 aliphatic rings. The van der Waals surface area contributed by atoms with Gasteiger partial charge in [-0.2, -0.15) is 0 Å². The van der Waals surface area contributed by atoms with Crippen molar-refractivity contribution in [3.05, 3.63) is 33.9 Å². The van der Waals surface area contributed by atoms with Gasteiger partial charge in [0.15, 0.2) is 0 Å². The van der Waals surface area contributed by atoms with E-state index in [1.165, 1.54) is 5.57 Å². The van der Waals surface area contributed by atoms with Crippen LogP contribution in [0.2, 0.25) is 5.02 Å². The van der Waals surface area contributed by atoms with Crippen LogP contribution in [0.1, 0.15) is 25.0 Å². The molecule has 0 saturated heterocycles. The molecule has 0 aromatic heterocycles. The highest BCUT2D eigenvalue weighted by atomic mass is 35.5. The van der Waals surface area contributed by atoms with Gasteiger partial charge >= 0.3 is 0 Å². The van der Waals surface area contributed by atoms with Crippen LogP contribution in [0.15, 0.2) is 17.7 Å². The quantitative estimate of drug-likeness (QED) is 0.681. The SMILES string of the molecule is CC(C)=Cc1cc(Cl)c(C)cc1N. The number of hydrogen-bond acceptors (Lipinski definition) is 1. The largest absolute Gasteiger partial charge is 0.398 e. The summed E-state index contributed by atoms with van der Waals surface area (Å²) in [6.07, 6.45) is 2.03. The van der Waals surface area contributed by atoms with Crippen molar-refractivity contribution in [1.29, 1.82) is 0 Å². The summed E-state index contributed by atoms with van der Waals surface area (Å²) < 4.78 is 0. The van der Waals surface area contributed by atoms with Crippen LogP contribution >= 0.6 is 11.6 Å². The maximum absolute atomic E-state index is 5.98. The first-order valence-corrected chi connectivity index (χ1v) is 4.59. The highest BCUT2D eigenvalue weighted by molar-refractivity contribution is 6.31. The number of anilines is 1. The second kappa shape index (κ2) is 3.84. The monoisotopic (exact) mass is 195 g/mol. The highest BCUT2D eigenvalue weighted by Crippen LogP contribution is 2.24. The van der Waals surface area contributed by atoms with E-state index in [9.17, 15) is 0 Å². The minimum atomic E-state index is 0.765. The van der Waals surface area contributed by atoms with Crippen molar-refractivity contribution in [3.8, 4) is 0 Å². The van der Waals surface area contributed by atoms with E-state index in [-0.39, 0.29) is 0 Å². The molecule has 0 aliphatic carbocycles. The lowest BCUT2D eigenvalue weighted by Gasteiger charge is -2.04. The van der Waals surface area contributed by atoms with Gasteiger partial charge in [-0.05, 0) is 44.0 Å². The van der Waals surface area contributed by atoms with Crippen molar-refractivity contribution in [2.45, 2.75) is 20.8 Å². The van der Waals surface area contributed by atoms with E-state index in [1.807, 2.05) is 39.0 Å². The summed E-state index contributed by atoms with van der Waals surface area (Å²) in [7, 11) is 0. The molecule has 1 aromatic rings. The van der Waals surface area contributed by atoms with E-state index < -0.39 is 0 Å². The summed E-state index contributed by atoms with van der Waals surface area (Å²) in [6, 6.07) is 3.80. The third kappa shape index (κ3) is 2.49. The Morgan fingerprint density at radius 1 is 1.38 bits per heavy atom. The van der Waals surface area contributed by atoms with Crippen molar-refractivity contribution in [1.82, 2.24) is 0 Å². The standard InChI is InChI=1S/C11H14ClN/c1-7(2)4-9-6-10(12)8(3)5-11(9)13/h4-6H,13H2,1-3H3. The second-order valence-electron chi connectivity index (χ2n) is 3.45. The molecule has 2 heteroatoms. The van der Waals surface area contributed by atoms with Crippen molar-refractivity contribution < 1.29 is 0 Å². The van der Waals surface area contributed by atoms with Gasteiger partial charge in [0.05, 0.1) is 0 Å². The van der Waals surface area contributed by atoms with Crippen LogP contribution in [0.5, 0.6) is 0 Å². The lowest BCUT2D eigenvalue weighted by molar-refractivity contribution is 1.41. The molecule has 1 aromatic carbocycles. The van der Waals surface area contributed by atoms with E-state index in [1.54, 1.807) is 0 Å². The normalized spacial score (nSPS) is 9.85. The molecule has 0 bridgehead atoms. The van der Waals surface area contributed by atoms with Crippen molar-refractivity contribution in [3.63, 3.8) is 0 Å². The minimum absolute atomic E-state index is 0.765. The second-order valence-corrected chi connectivity index (χ2v) is 3.86. The van der Waals surface area contributed by atoms with Gasteiger partial charge in [-0.15, -0.1) is 0 Å². The third-order valence-corrected chi connectivity index (χ3v) is 2.22. The summed E-state index contributed by atoms with van der Waals surface area (Å²) in [5.41, 5.74) is 9.84. The van der Waals surface area contributed by atoms with E-state index >= 15 is 0 Å². The summed E-state index contributed by atoms with van der Waals surface area (Å²) in [5, 5.41) is 0.765. The minimum Gasteiger partial charge on any atom is -0.398 e. The summed E-state index contributed by atoms with van der Waals surface area (Å²) in [6.45, 7) is 6.02. The predicted octanol–water partition coefficient (Wildman–Crippen LogP) is 3.65. The number of rotatable bonds is 1. The third-order valence-electron chi connectivity index (χ3n) is 1.81. The number of halogens is 1. The molecule has 0 amide bonds. The van der Waals surface area contributed by atoms with Crippen LogP contribution < -0.4 is 5.73 Å². The Morgan fingerprint density at radius 3 is 2.54 bits per heavy atom. The van der Waals surface area contributed by atoms with Gasteiger partial charge in [0, 0.05) is 10.7 Å². The molecule has 0 atom stereocenters. The van der Waals surface area contributed by atoms with Crippen LogP contribution in [0.3, 0.4) is 0 Å². The summed E-state index contributed by atoms with van der Waals surface area (Å²) in [4.78, 5) is 0. The van der Waals surface area contributed by atoms with Crippen LogP contribution in [0, 0.1) is 6.92 Å². The van der Waals surface area contributed by atoms with Gasteiger partial charge in [-0.25, -0.2) is 0 Å². The van der Waals surface area contributed by atoms with Crippen LogP contribution in [0.4, 0.5) is 5.69 Å². The fraction of sp³-hybridized carbons (Fsp3) is 0.273. The zero-order valence-corrected chi connectivity index (χ0v) is 8.94. The summed E-state index contributed by atoms with van der Waals surface area (Å²) in [5.74, 6) is 0. The number of nitrogens with two attached hydrogens (primary N) is 1. The van der Waals surface area contributed by atoms with Crippen LogP contribution in [-0.2, 0) is 0 Å². The van der Waals surface area contributed by atoms with Gasteiger partial charge in [-0.1, -0.05) is 23.3 Å². The smallest absolute Gasteiger partial charge is 0.0442 e. The zero-order chi connectivity index (χ0) is 10.0. The van der Waals surface area contributed by atoms with Crippen molar-refractivity contribution in [2.24, 2.45) is 0 Å². The number of benzene rings is 1. The van der Waals surface area contributed by atoms with Crippen LogP contribution in [0.25, 0.3) is 6.08 Å². The number of hydrogen-bond donors (Lipinski definition) is 1. The van der Waals surface area contributed by atoms with Crippen LogP contribution in [-0.4, -0.2) is 0 Å². The maximum Gasteiger partial charge on any atom is 0.0442 e. The number of nitrogen functional groups attached to an aromatic ring is 1. The van der Waals surface area contributed by atoms with Crippen molar-refractivity contribution >= 4 is 23.4 Å². The molecule has 0 radical (unpaired) electrons. The number of allylic oxidation sites excluding steroid dienone is 1. The predicted molar refractivity (Wildman–Crippen MR) is 59.9 cm³/mol. The van der Waals surface area contributed by atoms with E-state index in [2.05, 4.69) is 0 Å². The molecule has 0 heterocycles. The summed E-state index contributed by atoms with van der Waals surface area (Å²) >= 11 is 5.98. The molecule has 0 fully saturated rings. The first kappa shape index (κ1) is 10.1. The van der Waals surface area contributed by atoms with Gasteiger partial charge < -0.3 is 5.73 Å². The molecule has 1 rings (SSSR count). The highest BCUT2D eigenvalue weighted by Gasteiger charge is 2.00. The topological polar surface area (TPSA) is 26.0 Å². The van der Waals surface area contributed by atoms with E-state index in [0.717, 1.165) is 21.8 Å². The fourth-order valence-corrected chi connectivity index (χ4v) is 1.33. The number of aryl methyl sites for hydroxylation is 1. The Hall–Kier alpha value is -0.950. The molecule has 70 valence electrons. The van der Waals surface area contributed by atoms with Gasteiger partial charge in [0.1, 0.15) is 0 Å². The average molecular weight is 196 g/mol. The van der Waals surface area contributed by atoms with Gasteiger partial charge in [-0.3, -0.25) is 0 Å². The average Bonchev–Trinajstić information content (AvgIpc) is 1.99. The molecule has 0 aliphatic heterocycles. The lowest BCUT2D eigenvalue weighted by Crippen LogP contribution is -1.91. The lowest BCUT2D eigenvalue weighted by atomic mass is 10.1. The van der Waals surface area contributed by atoms with E-state index in [4.69, 9.17) is 17.3 Å². The Balaban J connectivity index is 3.24. The molecular formula is C11H14ClN. The first-order chi connectivity index (χ1) is 6.00. The molecule has 0 spiro atoms. The zero-order valence-electron chi connectivity index (χ0n) is 8.19. The Bertz CT molecular complexity index is 349. The van der Waals surface area contributed by atoms with Gasteiger partial charge in [0.25, 0.3) is 0 Å². The molecule has 0 unspecified atom stereocenters. The molecular weight excluding hydrogens is 182 g/mol. The Labute approximate surface area is 84.2 Å². The van der Waals surface area contributed by atoms with Crippen molar-refractivity contribution in [2.75, 3.05) is 5.73 Å². The van der Waals surface area contributed by atoms with E-state index in [0.29, 0.717) is 0 Å². The molecule has 13 heavy (non-hydrogen) atoms. The molecule has 1 nitrogen and oxygen atoms in total. The molecule has 2 N–H and O–H groups in total.